The number of nitrogen functional groups attached to an aromatic ring is 1. The molecule has 19 heavy (non-hydrogen) atoms. The van der Waals surface area contributed by atoms with Crippen molar-refractivity contribution in [3.8, 4) is 0 Å². The van der Waals surface area contributed by atoms with E-state index in [2.05, 4.69) is 15.3 Å². The number of nitrogens with one attached hydrogen (secondary N) is 1. The summed E-state index contributed by atoms with van der Waals surface area (Å²) in [4.78, 5) is 20.0. The van der Waals surface area contributed by atoms with Gasteiger partial charge in [0, 0.05) is 0 Å². The summed E-state index contributed by atoms with van der Waals surface area (Å²) in [5.74, 6) is 0.471. The SMILES string of the molecule is CCC[C@H](Nc1nc(N)nc2ccsc12)C(=O)OC. The second-order valence-corrected chi connectivity index (χ2v) is 4.99. The predicted octanol–water partition coefficient (Wildman–Crippen LogP) is 2.03. The van der Waals surface area contributed by atoms with Crippen LogP contribution in [-0.4, -0.2) is 29.1 Å². The number of nitrogens with zero attached hydrogens (tertiary/aromatic N) is 2. The third-order valence-electron chi connectivity index (χ3n) is 2.69. The lowest BCUT2D eigenvalue weighted by Gasteiger charge is -2.16. The summed E-state index contributed by atoms with van der Waals surface area (Å²) in [6.45, 7) is 2.01. The van der Waals surface area contributed by atoms with Crippen molar-refractivity contribution >= 4 is 39.3 Å². The lowest BCUT2D eigenvalue weighted by Crippen LogP contribution is -2.31. The van der Waals surface area contributed by atoms with Crippen LogP contribution < -0.4 is 11.1 Å². The Morgan fingerprint density at radius 3 is 3.05 bits per heavy atom. The molecule has 0 aliphatic heterocycles. The van der Waals surface area contributed by atoms with Crippen molar-refractivity contribution in [2.75, 3.05) is 18.2 Å². The summed E-state index contributed by atoms with van der Waals surface area (Å²) in [5, 5.41) is 5.02. The van der Waals surface area contributed by atoms with Gasteiger partial charge in [-0.3, -0.25) is 0 Å². The third-order valence-corrected chi connectivity index (χ3v) is 3.61. The molecule has 0 aromatic carbocycles. The number of thiophene rings is 1. The second-order valence-electron chi connectivity index (χ2n) is 4.07. The Bertz CT molecular complexity index is 584. The number of carbonyl (C=O) groups is 1. The summed E-state index contributed by atoms with van der Waals surface area (Å²) in [5.41, 5.74) is 6.45. The third kappa shape index (κ3) is 2.93. The summed E-state index contributed by atoms with van der Waals surface area (Å²) < 4.78 is 5.68. The van der Waals surface area contributed by atoms with Gasteiger partial charge >= 0.3 is 5.97 Å². The molecule has 0 bridgehead atoms. The predicted molar refractivity (Wildman–Crippen MR) is 76.2 cm³/mol. The van der Waals surface area contributed by atoms with Gasteiger partial charge in [-0.05, 0) is 17.9 Å². The fourth-order valence-electron chi connectivity index (χ4n) is 1.82. The number of esters is 1. The van der Waals surface area contributed by atoms with Crippen molar-refractivity contribution < 1.29 is 9.53 Å². The molecule has 0 amide bonds. The van der Waals surface area contributed by atoms with Crippen LogP contribution in [0.15, 0.2) is 11.4 Å². The molecule has 2 aromatic heterocycles. The number of hydrogen-bond donors (Lipinski definition) is 2. The van der Waals surface area contributed by atoms with Crippen LogP contribution in [0.5, 0.6) is 0 Å². The molecular formula is C12H16N4O2S. The van der Waals surface area contributed by atoms with E-state index in [-0.39, 0.29) is 11.9 Å². The molecule has 3 N–H and O–H groups in total. The molecule has 0 aliphatic rings. The van der Waals surface area contributed by atoms with Crippen LogP contribution in [0.4, 0.5) is 11.8 Å². The fraction of sp³-hybridized carbons (Fsp3) is 0.417. The second kappa shape index (κ2) is 5.83. The normalized spacial score (nSPS) is 12.3. The van der Waals surface area contributed by atoms with Crippen molar-refractivity contribution in [3.63, 3.8) is 0 Å². The molecule has 0 saturated heterocycles. The number of fused-ring (bicyclic) bond motifs is 1. The zero-order chi connectivity index (χ0) is 13.8. The first-order valence-electron chi connectivity index (χ1n) is 6.00. The first-order valence-corrected chi connectivity index (χ1v) is 6.88. The Morgan fingerprint density at radius 2 is 2.37 bits per heavy atom. The largest absolute Gasteiger partial charge is 0.467 e. The van der Waals surface area contributed by atoms with E-state index in [9.17, 15) is 4.79 Å². The van der Waals surface area contributed by atoms with Gasteiger partial charge < -0.3 is 15.8 Å². The van der Waals surface area contributed by atoms with Gasteiger partial charge in [0.05, 0.1) is 17.3 Å². The summed E-state index contributed by atoms with van der Waals surface area (Å²) in [6, 6.07) is 1.45. The van der Waals surface area contributed by atoms with Gasteiger partial charge in [0.2, 0.25) is 5.95 Å². The Morgan fingerprint density at radius 1 is 1.58 bits per heavy atom. The maximum Gasteiger partial charge on any atom is 0.328 e. The van der Waals surface area contributed by atoms with Crippen molar-refractivity contribution in [1.29, 1.82) is 0 Å². The van der Waals surface area contributed by atoms with E-state index in [1.54, 1.807) is 0 Å². The topological polar surface area (TPSA) is 90.1 Å². The highest BCUT2D eigenvalue weighted by Crippen LogP contribution is 2.27. The maximum absolute atomic E-state index is 11.7. The van der Waals surface area contributed by atoms with E-state index in [0.717, 1.165) is 16.6 Å². The van der Waals surface area contributed by atoms with Crippen LogP contribution in [0.1, 0.15) is 19.8 Å². The van der Waals surface area contributed by atoms with Crippen LogP contribution in [0.2, 0.25) is 0 Å². The highest BCUT2D eigenvalue weighted by atomic mass is 32.1. The minimum absolute atomic E-state index is 0.188. The van der Waals surface area contributed by atoms with E-state index in [0.29, 0.717) is 12.2 Å². The Hall–Kier alpha value is -1.89. The van der Waals surface area contributed by atoms with Gasteiger partial charge in [-0.25, -0.2) is 9.78 Å². The molecule has 0 radical (unpaired) electrons. The molecular weight excluding hydrogens is 264 g/mol. The smallest absolute Gasteiger partial charge is 0.328 e. The number of methoxy groups -OCH3 is 1. The number of nitrogens with two attached hydrogens (primary N) is 1. The zero-order valence-electron chi connectivity index (χ0n) is 10.8. The van der Waals surface area contributed by atoms with E-state index >= 15 is 0 Å². The molecule has 0 spiro atoms. The molecule has 2 heterocycles. The number of ether oxygens (including phenoxy) is 1. The lowest BCUT2D eigenvalue weighted by molar-refractivity contribution is -0.141. The zero-order valence-corrected chi connectivity index (χ0v) is 11.7. The highest BCUT2D eigenvalue weighted by Gasteiger charge is 2.20. The van der Waals surface area contributed by atoms with E-state index in [1.165, 1.54) is 18.4 Å². The van der Waals surface area contributed by atoms with Gasteiger partial charge in [-0.15, -0.1) is 11.3 Å². The average molecular weight is 280 g/mol. The number of aromatic nitrogens is 2. The van der Waals surface area contributed by atoms with Gasteiger partial charge in [-0.1, -0.05) is 13.3 Å². The molecule has 0 fully saturated rings. The minimum Gasteiger partial charge on any atom is -0.467 e. The maximum atomic E-state index is 11.7. The Labute approximate surface area is 115 Å². The van der Waals surface area contributed by atoms with Gasteiger partial charge in [0.25, 0.3) is 0 Å². The lowest BCUT2D eigenvalue weighted by atomic mass is 10.1. The molecule has 0 aliphatic carbocycles. The number of anilines is 2. The van der Waals surface area contributed by atoms with Crippen molar-refractivity contribution in [3.05, 3.63) is 11.4 Å². The Kier molecular flexibility index (Phi) is 4.16. The van der Waals surface area contributed by atoms with E-state index in [1.807, 2.05) is 18.4 Å². The highest BCUT2D eigenvalue weighted by molar-refractivity contribution is 7.17. The number of carbonyl (C=O) groups excluding carboxylic acids is 1. The molecule has 2 rings (SSSR count). The average Bonchev–Trinajstić information content (AvgIpc) is 2.85. The first kappa shape index (κ1) is 13.5. The van der Waals surface area contributed by atoms with Crippen molar-refractivity contribution in [1.82, 2.24) is 9.97 Å². The number of hydrogen-bond acceptors (Lipinski definition) is 7. The standard InChI is InChI=1S/C12H16N4O2S/c1-3-4-8(11(17)18-2)14-10-9-7(5-6-19-9)15-12(13)16-10/h5-6,8H,3-4H2,1-2H3,(H3,13,14,15,16)/t8-/m0/s1. The van der Waals surface area contributed by atoms with Gasteiger partial charge in [0.1, 0.15) is 11.9 Å². The van der Waals surface area contributed by atoms with E-state index < -0.39 is 6.04 Å². The quantitative estimate of drug-likeness (QED) is 0.814. The molecule has 2 aromatic rings. The van der Waals surface area contributed by atoms with Crippen LogP contribution in [0, 0.1) is 0 Å². The molecule has 7 heteroatoms. The molecule has 0 saturated carbocycles. The number of rotatable bonds is 5. The van der Waals surface area contributed by atoms with Crippen LogP contribution in [-0.2, 0) is 9.53 Å². The minimum atomic E-state index is -0.422. The van der Waals surface area contributed by atoms with E-state index in [4.69, 9.17) is 10.5 Å². The van der Waals surface area contributed by atoms with Gasteiger partial charge in [0.15, 0.2) is 0 Å². The van der Waals surface area contributed by atoms with Crippen molar-refractivity contribution in [2.45, 2.75) is 25.8 Å². The molecule has 102 valence electrons. The fourth-order valence-corrected chi connectivity index (χ4v) is 2.61. The van der Waals surface area contributed by atoms with Crippen LogP contribution in [0.25, 0.3) is 10.2 Å². The van der Waals surface area contributed by atoms with Crippen molar-refractivity contribution in [2.24, 2.45) is 0 Å². The summed E-state index contributed by atoms with van der Waals surface area (Å²) >= 11 is 1.51. The summed E-state index contributed by atoms with van der Waals surface area (Å²) in [6.07, 6.45) is 1.53. The van der Waals surface area contributed by atoms with Crippen LogP contribution in [0.3, 0.4) is 0 Å². The monoisotopic (exact) mass is 280 g/mol. The summed E-state index contributed by atoms with van der Waals surface area (Å²) in [7, 11) is 1.38. The molecule has 1 atom stereocenters. The first-order chi connectivity index (χ1) is 9.15. The molecule has 0 unspecified atom stereocenters. The van der Waals surface area contributed by atoms with Crippen LogP contribution >= 0.6 is 11.3 Å². The van der Waals surface area contributed by atoms with Gasteiger partial charge in [-0.2, -0.15) is 4.98 Å². The molecule has 6 nitrogen and oxygen atoms in total. The Balaban J connectivity index is 2.32.